The van der Waals surface area contributed by atoms with Crippen molar-refractivity contribution < 1.29 is 5.11 Å². The number of unbranched alkanes of at least 4 members (excludes halogenated alkanes) is 1. The summed E-state index contributed by atoms with van der Waals surface area (Å²) in [6.07, 6.45) is 8.61. The van der Waals surface area contributed by atoms with Gasteiger partial charge in [0.25, 0.3) is 0 Å². The molecule has 0 aromatic carbocycles. The molecule has 0 atom stereocenters. The summed E-state index contributed by atoms with van der Waals surface area (Å²) in [7, 11) is 0. The minimum atomic E-state index is 0.104. The zero-order valence-electron chi connectivity index (χ0n) is 9.89. The van der Waals surface area contributed by atoms with E-state index < -0.39 is 0 Å². The Kier molecular flexibility index (Phi) is 3.78. The number of hydrogen-bond donors (Lipinski definition) is 1. The summed E-state index contributed by atoms with van der Waals surface area (Å²) < 4.78 is 0. The van der Waals surface area contributed by atoms with E-state index in [9.17, 15) is 5.11 Å². The molecule has 3 nitrogen and oxygen atoms in total. The molecular formula is C13H20N2O. The smallest absolute Gasteiger partial charge is 0.0703 e. The Morgan fingerprint density at radius 2 is 2.31 bits per heavy atom. The highest BCUT2D eigenvalue weighted by atomic mass is 16.3. The summed E-state index contributed by atoms with van der Waals surface area (Å²) in [5.41, 5.74) is 2.12. The van der Waals surface area contributed by atoms with E-state index in [0.29, 0.717) is 6.04 Å². The van der Waals surface area contributed by atoms with Crippen molar-refractivity contribution in [3.8, 4) is 0 Å². The van der Waals surface area contributed by atoms with Gasteiger partial charge in [0.1, 0.15) is 0 Å². The number of aliphatic hydroxyl groups excluding tert-OH is 1. The molecule has 0 bridgehead atoms. The van der Waals surface area contributed by atoms with Crippen LogP contribution in [0.15, 0.2) is 18.5 Å². The summed E-state index contributed by atoms with van der Waals surface area (Å²) >= 11 is 0. The van der Waals surface area contributed by atoms with Gasteiger partial charge in [-0.05, 0) is 25.3 Å². The summed E-state index contributed by atoms with van der Waals surface area (Å²) in [5.74, 6) is 0. The average Bonchev–Trinajstić information content (AvgIpc) is 3.14. The van der Waals surface area contributed by atoms with Crippen LogP contribution < -0.4 is 4.90 Å². The zero-order chi connectivity index (χ0) is 11.4. The van der Waals surface area contributed by atoms with Gasteiger partial charge in [0.05, 0.1) is 18.5 Å². The number of anilines is 1. The number of hydrogen-bond acceptors (Lipinski definition) is 3. The zero-order valence-corrected chi connectivity index (χ0v) is 9.89. The standard InChI is InChI=1S/C13H20N2O/c1-2-3-8-15(12-4-5-12)13-9-14-7-6-11(13)10-16/h6-7,9,12,16H,2-5,8,10H2,1H3. The lowest BCUT2D eigenvalue weighted by molar-refractivity contribution is 0.282. The van der Waals surface area contributed by atoms with Crippen molar-refractivity contribution in [1.29, 1.82) is 0 Å². The maximum Gasteiger partial charge on any atom is 0.0703 e. The van der Waals surface area contributed by atoms with Crippen LogP contribution in [0.4, 0.5) is 5.69 Å². The fraction of sp³-hybridized carbons (Fsp3) is 0.615. The molecule has 1 heterocycles. The first-order valence-corrected chi connectivity index (χ1v) is 6.17. The van der Waals surface area contributed by atoms with Crippen LogP contribution in [-0.4, -0.2) is 22.7 Å². The maximum atomic E-state index is 9.34. The highest BCUT2D eigenvalue weighted by Gasteiger charge is 2.29. The lowest BCUT2D eigenvalue weighted by Crippen LogP contribution is -2.28. The van der Waals surface area contributed by atoms with E-state index in [1.54, 1.807) is 6.20 Å². The van der Waals surface area contributed by atoms with E-state index in [1.807, 2.05) is 12.3 Å². The molecule has 0 saturated heterocycles. The van der Waals surface area contributed by atoms with Crippen molar-refractivity contribution in [2.75, 3.05) is 11.4 Å². The average molecular weight is 220 g/mol. The van der Waals surface area contributed by atoms with E-state index in [4.69, 9.17) is 0 Å². The summed E-state index contributed by atoms with van der Waals surface area (Å²) in [5, 5.41) is 9.34. The van der Waals surface area contributed by atoms with Crippen LogP contribution in [-0.2, 0) is 6.61 Å². The van der Waals surface area contributed by atoms with Gasteiger partial charge in [-0.15, -0.1) is 0 Å². The maximum absolute atomic E-state index is 9.34. The van der Waals surface area contributed by atoms with Gasteiger partial charge in [0.2, 0.25) is 0 Å². The highest BCUT2D eigenvalue weighted by Crippen LogP contribution is 2.33. The first-order valence-electron chi connectivity index (χ1n) is 6.17. The minimum Gasteiger partial charge on any atom is -0.392 e. The number of pyridine rings is 1. The Labute approximate surface area is 97.1 Å². The molecule has 0 radical (unpaired) electrons. The lowest BCUT2D eigenvalue weighted by atomic mass is 10.2. The van der Waals surface area contributed by atoms with E-state index in [0.717, 1.165) is 17.8 Å². The third-order valence-electron chi connectivity index (χ3n) is 3.11. The van der Waals surface area contributed by atoms with Crippen molar-refractivity contribution in [3.05, 3.63) is 24.0 Å². The van der Waals surface area contributed by atoms with Gasteiger partial charge in [-0.1, -0.05) is 13.3 Å². The molecule has 0 aliphatic heterocycles. The van der Waals surface area contributed by atoms with Crippen LogP contribution >= 0.6 is 0 Å². The van der Waals surface area contributed by atoms with Crippen LogP contribution in [0.1, 0.15) is 38.2 Å². The van der Waals surface area contributed by atoms with Crippen LogP contribution in [0, 0.1) is 0 Å². The molecule has 88 valence electrons. The van der Waals surface area contributed by atoms with Crippen molar-refractivity contribution in [2.24, 2.45) is 0 Å². The van der Waals surface area contributed by atoms with Gasteiger partial charge in [0, 0.05) is 24.3 Å². The van der Waals surface area contributed by atoms with E-state index >= 15 is 0 Å². The number of nitrogens with zero attached hydrogens (tertiary/aromatic N) is 2. The summed E-state index contributed by atoms with van der Waals surface area (Å²) in [6.45, 7) is 3.40. The van der Waals surface area contributed by atoms with Crippen molar-refractivity contribution >= 4 is 5.69 Å². The number of aromatic nitrogens is 1. The molecule has 0 spiro atoms. The topological polar surface area (TPSA) is 36.4 Å². The second kappa shape index (κ2) is 5.30. The van der Waals surface area contributed by atoms with Crippen LogP contribution in [0.2, 0.25) is 0 Å². The molecule has 0 unspecified atom stereocenters. The molecular weight excluding hydrogens is 200 g/mol. The molecule has 16 heavy (non-hydrogen) atoms. The third kappa shape index (κ3) is 2.53. The molecule has 1 saturated carbocycles. The van der Waals surface area contributed by atoms with Gasteiger partial charge in [0.15, 0.2) is 0 Å². The molecule has 1 aromatic rings. The molecule has 1 fully saturated rings. The minimum absolute atomic E-state index is 0.104. The third-order valence-corrected chi connectivity index (χ3v) is 3.11. The van der Waals surface area contributed by atoms with Crippen molar-refractivity contribution in [1.82, 2.24) is 4.98 Å². The van der Waals surface area contributed by atoms with Gasteiger partial charge >= 0.3 is 0 Å². The van der Waals surface area contributed by atoms with Crippen LogP contribution in [0.3, 0.4) is 0 Å². The Morgan fingerprint density at radius 3 is 2.94 bits per heavy atom. The largest absolute Gasteiger partial charge is 0.392 e. The van der Waals surface area contributed by atoms with E-state index in [1.165, 1.54) is 25.7 Å². The highest BCUT2D eigenvalue weighted by molar-refractivity contribution is 5.53. The second-order valence-corrected chi connectivity index (χ2v) is 4.44. The number of aliphatic hydroxyl groups is 1. The summed E-state index contributed by atoms with van der Waals surface area (Å²) in [6, 6.07) is 2.59. The Bertz CT molecular complexity index is 336. The molecule has 1 aliphatic carbocycles. The first-order chi connectivity index (χ1) is 7.86. The van der Waals surface area contributed by atoms with E-state index in [2.05, 4.69) is 16.8 Å². The number of rotatable bonds is 6. The predicted octanol–water partition coefficient (Wildman–Crippen LogP) is 2.34. The quantitative estimate of drug-likeness (QED) is 0.799. The van der Waals surface area contributed by atoms with Crippen LogP contribution in [0.5, 0.6) is 0 Å². The van der Waals surface area contributed by atoms with E-state index in [-0.39, 0.29) is 6.61 Å². The van der Waals surface area contributed by atoms with Gasteiger partial charge in [-0.3, -0.25) is 4.98 Å². The Balaban J connectivity index is 2.16. The van der Waals surface area contributed by atoms with Gasteiger partial charge < -0.3 is 10.0 Å². The molecule has 1 N–H and O–H groups in total. The SMILES string of the molecule is CCCCN(c1cnccc1CO)C1CC1. The fourth-order valence-electron chi connectivity index (χ4n) is 2.02. The second-order valence-electron chi connectivity index (χ2n) is 4.44. The Hall–Kier alpha value is -1.09. The van der Waals surface area contributed by atoms with Crippen LogP contribution in [0.25, 0.3) is 0 Å². The Morgan fingerprint density at radius 1 is 1.50 bits per heavy atom. The molecule has 1 aromatic heterocycles. The summed E-state index contributed by atoms with van der Waals surface area (Å²) in [4.78, 5) is 6.60. The molecule has 1 aliphatic rings. The normalized spacial score (nSPS) is 15.1. The van der Waals surface area contributed by atoms with Crippen molar-refractivity contribution in [3.63, 3.8) is 0 Å². The van der Waals surface area contributed by atoms with Gasteiger partial charge in [-0.2, -0.15) is 0 Å². The lowest BCUT2D eigenvalue weighted by Gasteiger charge is -2.26. The van der Waals surface area contributed by atoms with Crippen molar-refractivity contribution in [2.45, 2.75) is 45.3 Å². The predicted molar refractivity (Wildman–Crippen MR) is 65.4 cm³/mol. The first kappa shape index (κ1) is 11.4. The van der Waals surface area contributed by atoms with Gasteiger partial charge in [-0.25, -0.2) is 0 Å². The fourth-order valence-corrected chi connectivity index (χ4v) is 2.02. The molecule has 0 amide bonds. The molecule has 3 heteroatoms. The molecule has 2 rings (SSSR count). The monoisotopic (exact) mass is 220 g/mol.